The van der Waals surface area contributed by atoms with Crippen molar-refractivity contribution < 1.29 is 39.6 Å². The van der Waals surface area contributed by atoms with Crippen molar-refractivity contribution in [2.24, 2.45) is 17.6 Å². The third-order valence-corrected chi connectivity index (χ3v) is 7.29. The summed E-state index contributed by atoms with van der Waals surface area (Å²) in [5, 5.41) is 43.1. The van der Waals surface area contributed by atoms with Crippen molar-refractivity contribution in [1.82, 2.24) is 4.90 Å². The van der Waals surface area contributed by atoms with Crippen LogP contribution >= 0.6 is 0 Å². The van der Waals surface area contributed by atoms with Gasteiger partial charge < -0.3 is 31.1 Å². The molecule has 4 rings (SSSR count). The normalized spacial score (nSPS) is 28.0. The number of likely N-dealkylation sites (N-methyl/N-ethyl adjacent to an activating group) is 1. The lowest BCUT2D eigenvalue weighted by Gasteiger charge is -2.50. The molecule has 35 heavy (non-hydrogen) atoms. The fourth-order valence-corrected chi connectivity index (χ4v) is 5.76. The van der Waals surface area contributed by atoms with E-state index in [1.807, 2.05) is 0 Å². The van der Waals surface area contributed by atoms with E-state index in [-0.39, 0.29) is 29.5 Å². The Morgan fingerprint density at radius 1 is 1.11 bits per heavy atom. The number of primary amides is 1. The van der Waals surface area contributed by atoms with Gasteiger partial charge in [0.1, 0.15) is 17.1 Å². The second kappa shape index (κ2) is 7.92. The molecule has 11 nitrogen and oxygen atoms in total. The molecule has 3 aliphatic carbocycles. The van der Waals surface area contributed by atoms with E-state index in [0.29, 0.717) is 11.3 Å². The van der Waals surface area contributed by atoms with Crippen molar-refractivity contribution in [1.29, 1.82) is 0 Å². The average molecular weight is 485 g/mol. The summed E-state index contributed by atoms with van der Waals surface area (Å²) >= 11 is 0. The van der Waals surface area contributed by atoms with Crippen molar-refractivity contribution in [3.8, 4) is 0 Å². The Balaban J connectivity index is 1.98. The van der Waals surface area contributed by atoms with Crippen LogP contribution in [0.4, 0.5) is 5.69 Å². The summed E-state index contributed by atoms with van der Waals surface area (Å²) in [6.45, 7) is 0. The summed E-state index contributed by atoms with van der Waals surface area (Å²) in [4.78, 5) is 53.7. The molecule has 0 radical (unpaired) electrons. The van der Waals surface area contributed by atoms with Gasteiger partial charge in [-0.3, -0.25) is 19.3 Å². The molecule has 1 aromatic rings. The van der Waals surface area contributed by atoms with Gasteiger partial charge in [0, 0.05) is 36.8 Å². The van der Waals surface area contributed by atoms with Gasteiger partial charge in [-0.25, -0.2) is 4.79 Å². The number of carbonyl (C=O) groups excluding carboxylic acids is 3. The molecular weight excluding hydrogens is 458 g/mol. The third kappa shape index (κ3) is 3.26. The second-order valence-corrected chi connectivity index (χ2v) is 9.68. The fourth-order valence-electron chi connectivity index (χ4n) is 5.76. The Bertz CT molecular complexity index is 1260. The van der Waals surface area contributed by atoms with Crippen LogP contribution in [0.5, 0.6) is 0 Å². The van der Waals surface area contributed by atoms with Crippen molar-refractivity contribution in [2.45, 2.75) is 24.5 Å². The Morgan fingerprint density at radius 2 is 1.74 bits per heavy atom. The van der Waals surface area contributed by atoms with Gasteiger partial charge in [-0.05, 0) is 50.6 Å². The SMILES string of the molecule is CN(C)c1cc(C(=O)O)cc2c1CC1CC3[C@@H](N(C)C)C(O)=C(C(N)=O)C(=O)[C@@]3(O)C(O)=C1C2=O. The quantitative estimate of drug-likeness (QED) is 0.369. The third-order valence-electron chi connectivity index (χ3n) is 7.29. The van der Waals surface area contributed by atoms with Crippen LogP contribution in [-0.4, -0.2) is 88.6 Å². The van der Waals surface area contributed by atoms with Crippen molar-refractivity contribution in [2.75, 3.05) is 33.1 Å². The summed E-state index contributed by atoms with van der Waals surface area (Å²) in [7, 11) is 6.57. The van der Waals surface area contributed by atoms with Gasteiger partial charge in [-0.15, -0.1) is 0 Å². The highest BCUT2D eigenvalue weighted by Gasteiger charge is 2.63. The molecule has 0 saturated carbocycles. The summed E-state index contributed by atoms with van der Waals surface area (Å²) < 4.78 is 0. The van der Waals surface area contributed by atoms with E-state index in [2.05, 4.69) is 0 Å². The first kappa shape index (κ1) is 24.4. The van der Waals surface area contributed by atoms with Crippen LogP contribution < -0.4 is 10.6 Å². The number of hydrogen-bond donors (Lipinski definition) is 5. The first-order valence-electron chi connectivity index (χ1n) is 11.0. The molecule has 0 spiro atoms. The predicted molar refractivity (Wildman–Crippen MR) is 123 cm³/mol. The molecule has 0 fully saturated rings. The number of carboxylic acids is 1. The summed E-state index contributed by atoms with van der Waals surface area (Å²) in [5.74, 6) is -7.71. The molecule has 11 heteroatoms. The standard InChI is InChI=1S/C24H27N3O8/c1-26(2)14-8-10(23(33)34)6-12-11(14)5-9-7-13-17(27(3)4)19(29)16(22(25)32)21(31)24(13,35)20(30)15(9)18(12)28/h6,8-9,13,17,29-30,35H,5,7H2,1-4H3,(H2,25,32)(H,33,34)/t9?,13?,17-,24+/m1/s1. The van der Waals surface area contributed by atoms with E-state index in [4.69, 9.17) is 5.73 Å². The minimum Gasteiger partial charge on any atom is -0.510 e. The van der Waals surface area contributed by atoms with Gasteiger partial charge in [0.25, 0.3) is 5.91 Å². The lowest BCUT2D eigenvalue weighted by Crippen LogP contribution is -2.63. The number of rotatable bonds is 4. The molecular formula is C24H27N3O8. The van der Waals surface area contributed by atoms with Crippen LogP contribution in [0.2, 0.25) is 0 Å². The van der Waals surface area contributed by atoms with Gasteiger partial charge in [0.05, 0.1) is 11.6 Å². The molecule has 0 aromatic heterocycles. The number of allylic oxidation sites excluding steroid dienone is 1. The predicted octanol–water partition coefficient (Wildman–Crippen LogP) is 0.179. The van der Waals surface area contributed by atoms with Gasteiger partial charge in [-0.2, -0.15) is 0 Å². The average Bonchev–Trinajstić information content (AvgIpc) is 2.75. The number of aromatic carboxylic acids is 1. The molecule has 0 aliphatic heterocycles. The Labute approximate surface area is 200 Å². The van der Waals surface area contributed by atoms with Crippen LogP contribution in [0.15, 0.2) is 34.8 Å². The van der Waals surface area contributed by atoms with Gasteiger partial charge >= 0.3 is 5.97 Å². The molecule has 1 aromatic carbocycles. The maximum absolute atomic E-state index is 13.6. The Morgan fingerprint density at radius 3 is 2.26 bits per heavy atom. The Hall–Kier alpha value is -3.70. The number of nitrogens with two attached hydrogens (primary N) is 1. The number of anilines is 1. The van der Waals surface area contributed by atoms with Gasteiger partial charge in [0.15, 0.2) is 11.4 Å². The number of nitrogens with zero attached hydrogens (tertiary/aromatic N) is 2. The number of carboxylic acid groups (broad SMARTS) is 1. The van der Waals surface area contributed by atoms with Crippen LogP contribution in [0, 0.1) is 11.8 Å². The number of Topliss-reactive ketones (excluding diaryl/α,β-unsaturated/α-hetero) is 2. The first-order chi connectivity index (χ1) is 16.2. The zero-order chi connectivity index (χ0) is 26.1. The molecule has 2 unspecified atom stereocenters. The van der Waals surface area contributed by atoms with Gasteiger partial charge in [-0.1, -0.05) is 0 Å². The summed E-state index contributed by atoms with van der Waals surface area (Å²) in [5.41, 5.74) is 2.63. The van der Waals surface area contributed by atoms with E-state index in [1.54, 1.807) is 33.1 Å². The molecule has 1 amide bonds. The lowest BCUT2D eigenvalue weighted by molar-refractivity contribution is -0.148. The monoisotopic (exact) mass is 485 g/mol. The Kier molecular flexibility index (Phi) is 5.53. The highest BCUT2D eigenvalue weighted by molar-refractivity contribution is 6.24. The van der Waals surface area contributed by atoms with Crippen LogP contribution in [0.1, 0.15) is 32.7 Å². The second-order valence-electron chi connectivity index (χ2n) is 9.68. The van der Waals surface area contributed by atoms with Gasteiger partial charge in [0.2, 0.25) is 5.78 Å². The first-order valence-corrected chi connectivity index (χ1v) is 11.0. The zero-order valence-electron chi connectivity index (χ0n) is 19.7. The maximum atomic E-state index is 13.6. The van der Waals surface area contributed by atoms with Crippen LogP contribution in [0.3, 0.4) is 0 Å². The van der Waals surface area contributed by atoms with Crippen molar-refractivity contribution >= 4 is 29.1 Å². The number of aliphatic hydroxyl groups excluding tert-OH is 2. The topological polar surface area (TPSA) is 182 Å². The smallest absolute Gasteiger partial charge is 0.335 e. The maximum Gasteiger partial charge on any atom is 0.335 e. The minimum absolute atomic E-state index is 0.0271. The summed E-state index contributed by atoms with van der Waals surface area (Å²) in [6, 6.07) is 1.64. The van der Waals surface area contributed by atoms with E-state index < -0.39 is 64.0 Å². The number of aliphatic hydroxyl groups is 3. The lowest BCUT2D eigenvalue weighted by atomic mass is 9.58. The number of fused-ring (bicyclic) bond motifs is 3. The number of ketones is 2. The number of hydrogen-bond acceptors (Lipinski definition) is 9. The van der Waals surface area contributed by atoms with Crippen LogP contribution in [0.25, 0.3) is 0 Å². The molecule has 0 bridgehead atoms. The molecule has 186 valence electrons. The highest BCUT2D eigenvalue weighted by Crippen LogP contribution is 2.52. The van der Waals surface area contributed by atoms with E-state index in [1.165, 1.54) is 17.0 Å². The fraction of sp³-hybridized carbons (Fsp3) is 0.417. The van der Waals surface area contributed by atoms with Crippen molar-refractivity contribution in [3.63, 3.8) is 0 Å². The summed E-state index contributed by atoms with van der Waals surface area (Å²) in [6.07, 6.45) is 0.251. The van der Waals surface area contributed by atoms with E-state index in [0.717, 1.165) is 0 Å². The largest absolute Gasteiger partial charge is 0.510 e. The molecule has 0 heterocycles. The zero-order valence-corrected chi connectivity index (χ0v) is 19.7. The molecule has 4 atom stereocenters. The number of benzene rings is 1. The molecule has 3 aliphatic rings. The molecule has 0 saturated heterocycles. The van der Waals surface area contributed by atoms with E-state index >= 15 is 0 Å². The van der Waals surface area contributed by atoms with Crippen molar-refractivity contribution in [3.05, 3.63) is 51.5 Å². The minimum atomic E-state index is -2.67. The highest BCUT2D eigenvalue weighted by atomic mass is 16.4. The number of carbonyl (C=O) groups is 4. The van der Waals surface area contributed by atoms with Crippen LogP contribution in [-0.2, 0) is 16.0 Å². The number of amides is 1. The molecule has 6 N–H and O–H groups in total. The van der Waals surface area contributed by atoms with E-state index in [9.17, 15) is 39.6 Å².